The third-order valence-electron chi connectivity index (χ3n) is 4.82. The molecule has 0 aliphatic carbocycles. The molecule has 0 spiro atoms. The van der Waals surface area contributed by atoms with Gasteiger partial charge in [0.05, 0.1) is 24.7 Å². The number of hydrogen-bond donors (Lipinski definition) is 2. The average Bonchev–Trinajstić information content (AvgIpc) is 2.61. The molecule has 1 aliphatic rings. The molecule has 0 aromatic heterocycles. The highest BCUT2D eigenvalue weighted by Crippen LogP contribution is 2.15. The fourth-order valence-electron chi connectivity index (χ4n) is 2.93. The topological polar surface area (TPSA) is 61.8 Å². The molecule has 5 heteroatoms. The van der Waals surface area contributed by atoms with Crippen molar-refractivity contribution in [2.75, 3.05) is 26.2 Å². The number of aliphatic hydroxyl groups is 1. The summed E-state index contributed by atoms with van der Waals surface area (Å²) < 4.78 is 5.74. The van der Waals surface area contributed by atoms with Crippen molar-refractivity contribution < 1.29 is 14.6 Å². The molecule has 0 bridgehead atoms. The van der Waals surface area contributed by atoms with Gasteiger partial charge < -0.3 is 15.2 Å². The number of amides is 1. The zero-order valence-electron chi connectivity index (χ0n) is 14.8. The van der Waals surface area contributed by atoms with Crippen LogP contribution in [0.15, 0.2) is 30.3 Å². The Morgan fingerprint density at radius 1 is 1.33 bits per heavy atom. The Kier molecular flexibility index (Phi) is 7.21. The van der Waals surface area contributed by atoms with Crippen molar-refractivity contribution in [2.45, 2.75) is 51.4 Å². The van der Waals surface area contributed by atoms with Crippen molar-refractivity contribution in [3.63, 3.8) is 0 Å². The lowest BCUT2D eigenvalue weighted by atomic mass is 9.97. The molecule has 0 radical (unpaired) electrons. The molecule has 0 saturated carbocycles. The predicted molar refractivity (Wildman–Crippen MR) is 94.6 cm³/mol. The summed E-state index contributed by atoms with van der Waals surface area (Å²) in [6.45, 7) is 7.35. The standard InChI is InChI=1S/C19H30N2O3/c1-3-19(23,4-2)15-20-18(22)12-17-14-21(10-11-24-17)13-16-8-6-5-7-9-16/h5-9,17,23H,3-4,10-15H2,1-2H3,(H,20,22). The van der Waals surface area contributed by atoms with E-state index < -0.39 is 5.60 Å². The Labute approximate surface area is 145 Å². The Balaban J connectivity index is 1.77. The van der Waals surface area contributed by atoms with Crippen LogP contribution in [0.3, 0.4) is 0 Å². The number of carbonyl (C=O) groups is 1. The Morgan fingerprint density at radius 3 is 2.71 bits per heavy atom. The minimum Gasteiger partial charge on any atom is -0.388 e. The number of ether oxygens (including phenoxy) is 1. The van der Waals surface area contributed by atoms with E-state index in [9.17, 15) is 9.90 Å². The zero-order valence-corrected chi connectivity index (χ0v) is 14.8. The molecule has 1 aliphatic heterocycles. The fourth-order valence-corrected chi connectivity index (χ4v) is 2.93. The van der Waals surface area contributed by atoms with Crippen LogP contribution in [0.4, 0.5) is 0 Å². The van der Waals surface area contributed by atoms with Crippen LogP contribution in [0, 0.1) is 0 Å². The second-order valence-corrected chi connectivity index (χ2v) is 6.63. The second-order valence-electron chi connectivity index (χ2n) is 6.63. The summed E-state index contributed by atoms with van der Waals surface area (Å²) in [6, 6.07) is 10.3. The van der Waals surface area contributed by atoms with Gasteiger partial charge in [0, 0.05) is 26.2 Å². The van der Waals surface area contributed by atoms with E-state index in [1.165, 1.54) is 5.56 Å². The highest BCUT2D eigenvalue weighted by Gasteiger charge is 2.26. The lowest BCUT2D eigenvalue weighted by Crippen LogP contribution is -2.46. The van der Waals surface area contributed by atoms with Gasteiger partial charge in [0.15, 0.2) is 0 Å². The van der Waals surface area contributed by atoms with E-state index in [0.29, 0.717) is 32.4 Å². The zero-order chi connectivity index (χ0) is 17.4. The fraction of sp³-hybridized carbons (Fsp3) is 0.632. The number of benzene rings is 1. The molecule has 134 valence electrons. The van der Waals surface area contributed by atoms with Gasteiger partial charge in [0.25, 0.3) is 0 Å². The summed E-state index contributed by atoms with van der Waals surface area (Å²) in [4.78, 5) is 14.5. The van der Waals surface area contributed by atoms with Gasteiger partial charge in [-0.15, -0.1) is 0 Å². The van der Waals surface area contributed by atoms with Crippen LogP contribution in [0.5, 0.6) is 0 Å². The molecule has 1 amide bonds. The maximum atomic E-state index is 12.1. The van der Waals surface area contributed by atoms with Gasteiger partial charge in [0.2, 0.25) is 5.91 Å². The molecular weight excluding hydrogens is 304 g/mol. The normalized spacial score (nSPS) is 19.2. The lowest BCUT2D eigenvalue weighted by molar-refractivity contribution is -0.127. The third kappa shape index (κ3) is 5.89. The van der Waals surface area contributed by atoms with Gasteiger partial charge in [0.1, 0.15) is 0 Å². The molecule has 24 heavy (non-hydrogen) atoms. The summed E-state index contributed by atoms with van der Waals surface area (Å²) in [6.07, 6.45) is 1.52. The maximum absolute atomic E-state index is 12.1. The van der Waals surface area contributed by atoms with E-state index in [-0.39, 0.29) is 12.0 Å². The number of hydrogen-bond acceptors (Lipinski definition) is 4. The smallest absolute Gasteiger partial charge is 0.222 e. The first-order valence-electron chi connectivity index (χ1n) is 8.91. The van der Waals surface area contributed by atoms with Gasteiger partial charge >= 0.3 is 0 Å². The minimum atomic E-state index is -0.803. The van der Waals surface area contributed by atoms with E-state index in [1.54, 1.807) is 0 Å². The van der Waals surface area contributed by atoms with Crippen LogP contribution >= 0.6 is 0 Å². The van der Waals surface area contributed by atoms with Crippen LogP contribution in [0.25, 0.3) is 0 Å². The number of carbonyl (C=O) groups excluding carboxylic acids is 1. The number of morpholine rings is 1. The lowest BCUT2D eigenvalue weighted by Gasteiger charge is -2.33. The summed E-state index contributed by atoms with van der Waals surface area (Å²) in [5.74, 6) is -0.0538. The molecular formula is C19H30N2O3. The van der Waals surface area contributed by atoms with E-state index in [0.717, 1.165) is 19.6 Å². The highest BCUT2D eigenvalue weighted by atomic mass is 16.5. The van der Waals surface area contributed by atoms with Crippen molar-refractivity contribution in [1.29, 1.82) is 0 Å². The SMILES string of the molecule is CCC(O)(CC)CNC(=O)CC1CN(Cc2ccccc2)CCO1. The first kappa shape index (κ1) is 18.9. The van der Waals surface area contributed by atoms with Crippen LogP contribution in [0.2, 0.25) is 0 Å². The van der Waals surface area contributed by atoms with Crippen LogP contribution in [-0.4, -0.2) is 53.9 Å². The molecule has 1 fully saturated rings. The molecule has 1 heterocycles. The first-order valence-corrected chi connectivity index (χ1v) is 8.91. The number of rotatable bonds is 8. The van der Waals surface area contributed by atoms with Crippen LogP contribution in [-0.2, 0) is 16.1 Å². The molecule has 1 unspecified atom stereocenters. The second kappa shape index (κ2) is 9.16. The molecule has 1 aromatic rings. The van der Waals surface area contributed by atoms with Gasteiger partial charge in [-0.2, -0.15) is 0 Å². The molecule has 2 N–H and O–H groups in total. The van der Waals surface area contributed by atoms with Crippen molar-refractivity contribution in [3.05, 3.63) is 35.9 Å². The maximum Gasteiger partial charge on any atom is 0.222 e. The van der Waals surface area contributed by atoms with Crippen LogP contribution in [0.1, 0.15) is 38.7 Å². The Hall–Kier alpha value is -1.43. The van der Waals surface area contributed by atoms with Crippen molar-refractivity contribution in [2.24, 2.45) is 0 Å². The average molecular weight is 334 g/mol. The first-order chi connectivity index (χ1) is 11.5. The van der Waals surface area contributed by atoms with Crippen LogP contribution < -0.4 is 5.32 Å². The monoisotopic (exact) mass is 334 g/mol. The Bertz CT molecular complexity index is 503. The van der Waals surface area contributed by atoms with Crippen molar-refractivity contribution in [3.8, 4) is 0 Å². The summed E-state index contributed by atoms with van der Waals surface area (Å²) in [5.41, 5.74) is 0.473. The van der Waals surface area contributed by atoms with Gasteiger partial charge in [-0.1, -0.05) is 44.2 Å². The molecule has 1 atom stereocenters. The molecule has 1 aromatic carbocycles. The van der Waals surface area contributed by atoms with Crippen molar-refractivity contribution in [1.82, 2.24) is 10.2 Å². The largest absolute Gasteiger partial charge is 0.388 e. The number of nitrogens with one attached hydrogen (secondary N) is 1. The predicted octanol–water partition coefficient (Wildman–Crippen LogP) is 1.94. The minimum absolute atomic E-state index is 0.0538. The van der Waals surface area contributed by atoms with Crippen molar-refractivity contribution >= 4 is 5.91 Å². The molecule has 5 nitrogen and oxygen atoms in total. The summed E-state index contributed by atoms with van der Waals surface area (Å²) in [5, 5.41) is 13.1. The van der Waals surface area contributed by atoms with E-state index in [4.69, 9.17) is 4.74 Å². The number of nitrogens with zero attached hydrogens (tertiary/aromatic N) is 1. The summed E-state index contributed by atoms with van der Waals surface area (Å²) >= 11 is 0. The van der Waals surface area contributed by atoms with Gasteiger partial charge in [-0.25, -0.2) is 0 Å². The quantitative estimate of drug-likeness (QED) is 0.763. The van der Waals surface area contributed by atoms with E-state index >= 15 is 0 Å². The summed E-state index contributed by atoms with van der Waals surface area (Å²) in [7, 11) is 0. The van der Waals surface area contributed by atoms with Gasteiger partial charge in [-0.3, -0.25) is 9.69 Å². The third-order valence-corrected chi connectivity index (χ3v) is 4.82. The van der Waals surface area contributed by atoms with E-state index in [1.807, 2.05) is 32.0 Å². The van der Waals surface area contributed by atoms with E-state index in [2.05, 4.69) is 22.3 Å². The molecule has 1 saturated heterocycles. The highest BCUT2D eigenvalue weighted by molar-refractivity contribution is 5.76. The Morgan fingerprint density at radius 2 is 2.04 bits per heavy atom. The van der Waals surface area contributed by atoms with Gasteiger partial charge in [-0.05, 0) is 18.4 Å². The molecule has 2 rings (SSSR count).